The van der Waals surface area contributed by atoms with E-state index >= 15 is 0 Å². The lowest BCUT2D eigenvalue weighted by Crippen LogP contribution is -2.39. The second-order valence-electron chi connectivity index (χ2n) is 5.82. The molecule has 0 spiro atoms. The number of fused-ring (bicyclic) bond motifs is 3. The Morgan fingerprint density at radius 2 is 2.00 bits per heavy atom. The minimum atomic E-state index is -1.01. The number of carboxylic acid groups (broad SMARTS) is 1. The van der Waals surface area contributed by atoms with Crippen LogP contribution in [-0.2, 0) is 14.3 Å². The van der Waals surface area contributed by atoms with Crippen molar-refractivity contribution in [1.29, 1.82) is 0 Å². The van der Waals surface area contributed by atoms with Crippen LogP contribution in [0.15, 0.2) is 30.4 Å². The van der Waals surface area contributed by atoms with E-state index in [1.807, 2.05) is 25.1 Å². The fourth-order valence-corrected chi connectivity index (χ4v) is 4.16. The van der Waals surface area contributed by atoms with Gasteiger partial charge in [-0.2, -0.15) is 0 Å². The van der Waals surface area contributed by atoms with Crippen LogP contribution in [0.1, 0.15) is 5.56 Å². The number of ether oxygens (including phenoxy) is 1. The maximum absolute atomic E-state index is 12.5. The number of anilines is 1. The van der Waals surface area contributed by atoms with Crippen molar-refractivity contribution in [2.75, 3.05) is 5.32 Å². The first-order valence-electron chi connectivity index (χ1n) is 7.27. The van der Waals surface area contributed by atoms with Gasteiger partial charge in [0.2, 0.25) is 5.91 Å². The second kappa shape index (κ2) is 5.14. The zero-order valence-corrected chi connectivity index (χ0v) is 13.0. The molecular weight excluding hydrogens is 316 g/mol. The van der Waals surface area contributed by atoms with E-state index in [1.165, 1.54) is 11.3 Å². The highest BCUT2D eigenvalue weighted by atomic mass is 32.1. The lowest BCUT2D eigenvalue weighted by Gasteiger charge is -2.20. The Kier molecular flexibility index (Phi) is 3.21. The van der Waals surface area contributed by atoms with Crippen molar-refractivity contribution in [3.63, 3.8) is 0 Å². The number of carbonyl (C=O) groups excluding carboxylic acids is 1. The van der Waals surface area contributed by atoms with Crippen LogP contribution in [0.2, 0.25) is 0 Å². The van der Waals surface area contributed by atoms with Crippen LogP contribution < -0.4 is 5.32 Å². The summed E-state index contributed by atoms with van der Waals surface area (Å²) in [5, 5.41) is 12.6. The van der Waals surface area contributed by atoms with Crippen molar-refractivity contribution >= 4 is 38.6 Å². The summed E-state index contributed by atoms with van der Waals surface area (Å²) in [6.45, 7) is 1.99. The smallest absolute Gasteiger partial charge is 0.310 e. The monoisotopic (exact) mass is 330 g/mol. The Balaban J connectivity index is 1.59. The van der Waals surface area contributed by atoms with E-state index in [-0.39, 0.29) is 5.91 Å². The molecule has 2 aromatic rings. The number of hydrogen-bond donors (Lipinski definition) is 2. The van der Waals surface area contributed by atoms with E-state index < -0.39 is 30.0 Å². The van der Waals surface area contributed by atoms with Crippen molar-refractivity contribution in [2.24, 2.45) is 11.8 Å². The number of hydrogen-bond acceptors (Lipinski definition) is 5. The van der Waals surface area contributed by atoms with E-state index in [1.54, 1.807) is 12.2 Å². The molecule has 7 heteroatoms. The van der Waals surface area contributed by atoms with Crippen LogP contribution in [0.3, 0.4) is 0 Å². The number of carbonyl (C=O) groups is 2. The molecule has 1 fully saturated rings. The molecule has 1 aromatic carbocycles. The minimum absolute atomic E-state index is 0.356. The topological polar surface area (TPSA) is 88.5 Å². The summed E-state index contributed by atoms with van der Waals surface area (Å²) < 4.78 is 6.51. The van der Waals surface area contributed by atoms with E-state index in [4.69, 9.17) is 4.74 Å². The van der Waals surface area contributed by atoms with Gasteiger partial charge in [-0.3, -0.25) is 9.59 Å². The molecule has 0 unspecified atom stereocenters. The van der Waals surface area contributed by atoms with Gasteiger partial charge in [0.15, 0.2) is 5.13 Å². The van der Waals surface area contributed by atoms with E-state index in [0.717, 1.165) is 15.8 Å². The van der Waals surface area contributed by atoms with Gasteiger partial charge in [-0.05, 0) is 24.6 Å². The first-order valence-corrected chi connectivity index (χ1v) is 8.09. The number of aryl methyl sites for hydroxylation is 1. The van der Waals surface area contributed by atoms with Gasteiger partial charge in [0.1, 0.15) is 5.92 Å². The highest BCUT2D eigenvalue weighted by Gasteiger charge is 2.53. The van der Waals surface area contributed by atoms with E-state index in [9.17, 15) is 14.7 Å². The third kappa shape index (κ3) is 2.32. The lowest BCUT2D eigenvalue weighted by molar-refractivity contribution is -0.145. The van der Waals surface area contributed by atoms with Crippen molar-refractivity contribution in [2.45, 2.75) is 19.1 Å². The normalized spacial score (nSPS) is 28.4. The Morgan fingerprint density at radius 3 is 2.74 bits per heavy atom. The Bertz CT molecular complexity index is 844. The molecule has 3 heterocycles. The molecule has 4 rings (SSSR count). The summed E-state index contributed by atoms with van der Waals surface area (Å²) >= 11 is 1.38. The minimum Gasteiger partial charge on any atom is -0.481 e. The zero-order valence-electron chi connectivity index (χ0n) is 12.2. The fraction of sp³-hybridized carbons (Fsp3) is 0.312. The highest BCUT2D eigenvalue weighted by Crippen LogP contribution is 2.40. The van der Waals surface area contributed by atoms with Gasteiger partial charge < -0.3 is 15.2 Å². The molecule has 1 amide bonds. The first kappa shape index (κ1) is 14.3. The maximum atomic E-state index is 12.5. The van der Waals surface area contributed by atoms with E-state index in [0.29, 0.717) is 5.13 Å². The fourth-order valence-electron chi connectivity index (χ4n) is 3.19. The molecule has 2 bridgehead atoms. The van der Waals surface area contributed by atoms with Crippen molar-refractivity contribution in [3.05, 3.63) is 35.9 Å². The van der Waals surface area contributed by atoms with Crippen molar-refractivity contribution in [3.8, 4) is 0 Å². The summed E-state index contributed by atoms with van der Waals surface area (Å²) in [6, 6.07) is 5.87. The standard InChI is InChI=1S/C16H14N2O4S/c1-7-2-3-8-11(6-7)23-16(17-8)18-14(19)12-9-4-5-10(22-9)13(12)15(20)21/h2-6,9-10,12-13H,1H3,(H,20,21)(H,17,18,19)/t9-,10+,12-,13-/m0/s1. The average Bonchev–Trinajstić information content (AvgIpc) is 3.18. The van der Waals surface area contributed by atoms with Gasteiger partial charge >= 0.3 is 5.97 Å². The average molecular weight is 330 g/mol. The third-order valence-electron chi connectivity index (χ3n) is 4.26. The molecule has 118 valence electrons. The van der Waals surface area contributed by atoms with Gasteiger partial charge in [0.05, 0.1) is 28.3 Å². The molecule has 23 heavy (non-hydrogen) atoms. The van der Waals surface area contributed by atoms with Crippen LogP contribution in [0, 0.1) is 18.8 Å². The van der Waals surface area contributed by atoms with Gasteiger partial charge in [0.25, 0.3) is 0 Å². The maximum Gasteiger partial charge on any atom is 0.310 e. The molecule has 2 aliphatic heterocycles. The second-order valence-corrected chi connectivity index (χ2v) is 6.85. The highest BCUT2D eigenvalue weighted by molar-refractivity contribution is 7.22. The summed E-state index contributed by atoms with van der Waals surface area (Å²) in [4.78, 5) is 28.3. The number of aliphatic carboxylic acids is 1. The number of amides is 1. The number of rotatable bonds is 3. The van der Waals surface area contributed by atoms with Crippen LogP contribution in [-0.4, -0.2) is 34.2 Å². The van der Waals surface area contributed by atoms with Gasteiger partial charge in [0, 0.05) is 0 Å². The molecule has 0 saturated carbocycles. The number of carboxylic acids is 1. The predicted molar refractivity (Wildman–Crippen MR) is 85.4 cm³/mol. The van der Waals surface area contributed by atoms with Gasteiger partial charge in [-0.25, -0.2) is 4.98 Å². The van der Waals surface area contributed by atoms with E-state index in [2.05, 4.69) is 10.3 Å². The van der Waals surface area contributed by atoms with Crippen LogP contribution in [0.5, 0.6) is 0 Å². The molecule has 1 aromatic heterocycles. The number of thiazole rings is 1. The number of aromatic nitrogens is 1. The molecule has 4 atom stereocenters. The summed E-state index contributed by atoms with van der Waals surface area (Å²) in [5.74, 6) is -2.94. The van der Waals surface area contributed by atoms with Gasteiger partial charge in [-0.1, -0.05) is 29.6 Å². The number of nitrogens with zero attached hydrogens (tertiary/aromatic N) is 1. The molecule has 0 aliphatic carbocycles. The SMILES string of the molecule is Cc1ccc2nc(NC(=O)[C@@H]3[C@@H](C(=O)O)[C@H]4C=C[C@@H]3O4)sc2c1. The molecule has 2 N–H and O–H groups in total. The predicted octanol–water partition coefficient (Wildman–Crippen LogP) is 2.20. The summed E-state index contributed by atoms with van der Waals surface area (Å²) in [5.41, 5.74) is 1.94. The quantitative estimate of drug-likeness (QED) is 0.842. The molecule has 0 radical (unpaired) electrons. The van der Waals surface area contributed by atoms with Crippen LogP contribution in [0.25, 0.3) is 10.2 Å². The summed E-state index contributed by atoms with van der Waals surface area (Å²) in [6.07, 6.45) is 2.48. The number of benzene rings is 1. The lowest BCUT2D eigenvalue weighted by atomic mass is 9.82. The molecule has 2 aliphatic rings. The van der Waals surface area contributed by atoms with Crippen LogP contribution >= 0.6 is 11.3 Å². The van der Waals surface area contributed by atoms with Gasteiger partial charge in [-0.15, -0.1) is 0 Å². The molecular formula is C16H14N2O4S. The zero-order chi connectivity index (χ0) is 16.1. The Labute approximate surface area is 135 Å². The molecule has 6 nitrogen and oxygen atoms in total. The summed E-state index contributed by atoms with van der Waals surface area (Å²) in [7, 11) is 0. The number of nitrogens with one attached hydrogen (secondary N) is 1. The third-order valence-corrected chi connectivity index (χ3v) is 5.20. The molecule has 1 saturated heterocycles. The first-order chi connectivity index (χ1) is 11.0. The largest absolute Gasteiger partial charge is 0.481 e. The van der Waals surface area contributed by atoms with Crippen molar-refractivity contribution < 1.29 is 19.4 Å². The van der Waals surface area contributed by atoms with Crippen LogP contribution in [0.4, 0.5) is 5.13 Å². The Hall–Kier alpha value is -2.25. The Morgan fingerprint density at radius 1 is 1.26 bits per heavy atom. The van der Waals surface area contributed by atoms with Crippen molar-refractivity contribution in [1.82, 2.24) is 4.98 Å².